The number of nitrogens with one attached hydrogen (secondary N) is 1. The van der Waals surface area contributed by atoms with Crippen LogP contribution >= 0.6 is 0 Å². The first-order valence-electron chi connectivity index (χ1n) is 9.83. The lowest BCUT2D eigenvalue weighted by Gasteiger charge is -2.17. The third kappa shape index (κ3) is 4.17. The lowest BCUT2D eigenvalue weighted by molar-refractivity contribution is 0.0527. The van der Waals surface area contributed by atoms with Gasteiger partial charge in [0.2, 0.25) is 5.82 Å². The molecule has 0 unspecified atom stereocenters. The normalized spacial score (nSPS) is 10.7. The Morgan fingerprint density at radius 3 is 2.53 bits per heavy atom. The molecule has 6 nitrogen and oxygen atoms in total. The zero-order valence-electron chi connectivity index (χ0n) is 17.7. The zero-order chi connectivity index (χ0) is 23.4. The summed E-state index contributed by atoms with van der Waals surface area (Å²) in [6.45, 7) is 3.47. The lowest BCUT2D eigenvalue weighted by atomic mass is 10.0. The molecular weight excluding hydrogens is 423 g/mol. The van der Waals surface area contributed by atoms with Crippen molar-refractivity contribution in [2.24, 2.45) is 0 Å². The molecule has 0 atom stereocenters. The third-order valence-electron chi connectivity index (χ3n) is 4.91. The van der Waals surface area contributed by atoms with Crippen molar-refractivity contribution in [1.29, 1.82) is 5.26 Å². The van der Waals surface area contributed by atoms with E-state index in [0.29, 0.717) is 22.9 Å². The van der Waals surface area contributed by atoms with E-state index in [1.807, 2.05) is 6.92 Å². The van der Waals surface area contributed by atoms with Crippen LogP contribution in [0.15, 0.2) is 24.4 Å². The number of fused-ring (bicyclic) bond motifs is 1. The number of carbonyl (C=O) groups excluding carboxylic acids is 1. The summed E-state index contributed by atoms with van der Waals surface area (Å²) in [7, 11) is 1.14. The van der Waals surface area contributed by atoms with Gasteiger partial charge in [-0.05, 0) is 37.1 Å². The minimum absolute atomic E-state index is 0.00387. The van der Waals surface area contributed by atoms with Crippen LogP contribution in [0.3, 0.4) is 0 Å². The van der Waals surface area contributed by atoms with Crippen molar-refractivity contribution < 1.29 is 27.4 Å². The number of methoxy groups -OCH3 is 1. The topological polar surface area (TPSA) is 84.2 Å². The van der Waals surface area contributed by atoms with Crippen molar-refractivity contribution >= 4 is 22.6 Å². The quantitative estimate of drug-likeness (QED) is 0.414. The second kappa shape index (κ2) is 9.56. The Labute approximate surface area is 182 Å². The van der Waals surface area contributed by atoms with Gasteiger partial charge in [-0.2, -0.15) is 9.65 Å². The number of aromatic nitrogens is 1. The summed E-state index contributed by atoms with van der Waals surface area (Å²) >= 11 is 0. The molecule has 0 bridgehead atoms. The number of hydrogen-bond acceptors (Lipinski definition) is 6. The first kappa shape index (κ1) is 22.9. The lowest BCUT2D eigenvalue weighted by Crippen LogP contribution is -2.13. The maximum atomic E-state index is 14.1. The van der Waals surface area contributed by atoms with Gasteiger partial charge in [0.25, 0.3) is 0 Å². The highest BCUT2D eigenvalue weighted by Crippen LogP contribution is 2.33. The van der Waals surface area contributed by atoms with Crippen molar-refractivity contribution in [3.05, 3.63) is 64.1 Å². The first-order chi connectivity index (χ1) is 15.4. The molecule has 1 aromatic heterocycles. The van der Waals surface area contributed by atoms with E-state index in [2.05, 4.69) is 16.4 Å². The van der Waals surface area contributed by atoms with Gasteiger partial charge in [0.05, 0.1) is 36.6 Å². The Kier molecular flexibility index (Phi) is 6.83. The molecule has 9 heteroatoms. The van der Waals surface area contributed by atoms with E-state index in [1.165, 1.54) is 6.20 Å². The summed E-state index contributed by atoms with van der Waals surface area (Å²) in [5.74, 6) is -5.58. The number of ether oxygens (including phenoxy) is 2. The van der Waals surface area contributed by atoms with Crippen molar-refractivity contribution in [2.75, 3.05) is 19.0 Å². The van der Waals surface area contributed by atoms with Crippen LogP contribution in [0.5, 0.6) is 5.75 Å². The van der Waals surface area contributed by atoms with Crippen LogP contribution in [0.4, 0.5) is 18.9 Å². The Morgan fingerprint density at radius 2 is 1.91 bits per heavy atom. The number of carbonyl (C=O) groups is 1. The van der Waals surface area contributed by atoms with Crippen LogP contribution in [0.2, 0.25) is 0 Å². The second-order valence-electron chi connectivity index (χ2n) is 6.80. The summed E-state index contributed by atoms with van der Waals surface area (Å²) < 4.78 is 51.6. The van der Waals surface area contributed by atoms with Crippen molar-refractivity contribution in [1.82, 2.24) is 4.98 Å². The van der Waals surface area contributed by atoms with Crippen LogP contribution in [0, 0.1) is 28.8 Å². The first-order valence-corrected chi connectivity index (χ1v) is 9.83. The summed E-state index contributed by atoms with van der Waals surface area (Å²) in [4.78, 5) is 16.9. The van der Waals surface area contributed by atoms with Crippen molar-refractivity contribution in [3.63, 3.8) is 0 Å². The molecule has 2 aromatic carbocycles. The largest absolute Gasteiger partial charge is 0.493 e. The zero-order valence-corrected chi connectivity index (χ0v) is 17.7. The van der Waals surface area contributed by atoms with Gasteiger partial charge in [0, 0.05) is 23.7 Å². The van der Waals surface area contributed by atoms with E-state index >= 15 is 0 Å². The maximum absolute atomic E-state index is 14.1. The van der Waals surface area contributed by atoms with Crippen LogP contribution in [-0.4, -0.2) is 24.7 Å². The van der Waals surface area contributed by atoms with Gasteiger partial charge < -0.3 is 14.8 Å². The number of halogens is 3. The van der Waals surface area contributed by atoms with Gasteiger partial charge in [0.15, 0.2) is 17.4 Å². The van der Waals surface area contributed by atoms with Crippen molar-refractivity contribution in [2.45, 2.75) is 26.8 Å². The molecule has 32 heavy (non-hydrogen) atoms. The number of benzene rings is 2. The van der Waals surface area contributed by atoms with Crippen LogP contribution in [0.1, 0.15) is 40.9 Å². The third-order valence-corrected chi connectivity index (χ3v) is 4.91. The smallest absolute Gasteiger partial charge is 0.341 e. The molecule has 3 rings (SSSR count). The number of nitrogens with zero attached hydrogens (tertiary/aromatic N) is 2. The molecule has 0 saturated carbocycles. The minimum Gasteiger partial charge on any atom is -0.493 e. The van der Waals surface area contributed by atoms with Crippen molar-refractivity contribution in [3.8, 4) is 11.8 Å². The Bertz CT molecular complexity index is 1240. The summed E-state index contributed by atoms with van der Waals surface area (Å²) in [5, 5.41) is 12.9. The second-order valence-corrected chi connectivity index (χ2v) is 6.80. The van der Waals surface area contributed by atoms with E-state index in [9.17, 15) is 23.2 Å². The van der Waals surface area contributed by atoms with E-state index in [4.69, 9.17) is 9.47 Å². The van der Waals surface area contributed by atoms with Crippen LogP contribution < -0.4 is 10.1 Å². The Hall–Kier alpha value is -3.80. The van der Waals surface area contributed by atoms with Gasteiger partial charge in [-0.15, -0.1) is 0 Å². The number of hydrogen-bond donors (Lipinski definition) is 1. The summed E-state index contributed by atoms with van der Waals surface area (Å²) in [6, 6.07) is 6.16. The molecule has 0 spiro atoms. The number of esters is 1. The number of nitriles is 1. The Morgan fingerprint density at radius 1 is 1.16 bits per heavy atom. The molecular formula is C23H20F3N3O3. The van der Waals surface area contributed by atoms with E-state index in [-0.39, 0.29) is 30.0 Å². The molecule has 0 aliphatic rings. The van der Waals surface area contributed by atoms with E-state index in [1.54, 1.807) is 19.1 Å². The number of rotatable bonds is 7. The summed E-state index contributed by atoms with van der Waals surface area (Å²) in [5.41, 5.74) is 2.05. The highest BCUT2D eigenvalue weighted by molar-refractivity contribution is 6.06. The predicted octanol–water partition coefficient (Wildman–Crippen LogP) is 4.88. The SMILES string of the molecule is CCOC(=O)c1cnc2c(CC)cc(C#N)cc2c1NCc1cc(F)c(F)c(F)c1OC. The molecule has 0 fully saturated rings. The molecule has 0 aliphatic carbocycles. The van der Waals surface area contributed by atoms with Crippen LogP contribution in [0.25, 0.3) is 10.9 Å². The van der Waals surface area contributed by atoms with E-state index in [0.717, 1.165) is 18.7 Å². The van der Waals surface area contributed by atoms with Gasteiger partial charge in [0.1, 0.15) is 5.56 Å². The molecule has 3 aromatic rings. The molecule has 1 N–H and O–H groups in total. The fourth-order valence-corrected chi connectivity index (χ4v) is 3.43. The highest BCUT2D eigenvalue weighted by Gasteiger charge is 2.22. The average Bonchev–Trinajstić information content (AvgIpc) is 2.80. The molecule has 0 aliphatic heterocycles. The molecule has 0 saturated heterocycles. The Balaban J connectivity index is 2.19. The summed E-state index contributed by atoms with van der Waals surface area (Å²) in [6.07, 6.45) is 1.93. The van der Waals surface area contributed by atoms with Gasteiger partial charge in [-0.1, -0.05) is 6.92 Å². The van der Waals surface area contributed by atoms with E-state index < -0.39 is 29.2 Å². The fraction of sp³-hybridized carbons (Fsp3) is 0.261. The van der Waals surface area contributed by atoms with Gasteiger partial charge in [-0.3, -0.25) is 4.98 Å². The fourth-order valence-electron chi connectivity index (χ4n) is 3.43. The van der Waals surface area contributed by atoms with Gasteiger partial charge in [-0.25, -0.2) is 13.6 Å². The van der Waals surface area contributed by atoms with Gasteiger partial charge >= 0.3 is 5.97 Å². The monoisotopic (exact) mass is 443 g/mol. The van der Waals surface area contributed by atoms with Crippen LogP contribution in [-0.2, 0) is 17.7 Å². The molecule has 0 amide bonds. The molecule has 166 valence electrons. The number of anilines is 1. The number of pyridine rings is 1. The molecule has 0 radical (unpaired) electrons. The standard InChI is InChI=1S/C23H20F3N3O3/c1-4-13-6-12(9-27)7-15-20(13)29-11-16(23(30)32-5-2)21(15)28-10-14-8-17(24)18(25)19(26)22(14)31-3/h6-8,11H,4-5,10H2,1-3H3,(H,28,29). The minimum atomic E-state index is -1.64. The maximum Gasteiger partial charge on any atom is 0.341 e. The predicted molar refractivity (Wildman–Crippen MR) is 112 cm³/mol. The average molecular weight is 443 g/mol. The number of aryl methyl sites for hydroxylation is 1. The molecule has 1 heterocycles. The highest BCUT2D eigenvalue weighted by atomic mass is 19.2.